The van der Waals surface area contributed by atoms with Crippen molar-refractivity contribution >= 4 is 63.7 Å². The van der Waals surface area contributed by atoms with Crippen molar-refractivity contribution in [2.24, 2.45) is 0 Å². The number of nitrogens with one attached hydrogen (secondary N) is 1. The Morgan fingerprint density at radius 2 is 1.76 bits per heavy atom. The number of aryl methyl sites for hydroxylation is 1. The summed E-state index contributed by atoms with van der Waals surface area (Å²) in [6.45, 7) is 4.86. The number of carbonyl (C=O) groups is 2. The zero-order valence-corrected chi connectivity index (χ0v) is 22.9. The van der Waals surface area contributed by atoms with Crippen LogP contribution in [0.2, 0.25) is 10.0 Å². The number of benzene rings is 3. The molecule has 1 N–H and O–H groups in total. The average molecular weight is 557 g/mol. The van der Waals surface area contributed by atoms with Crippen molar-refractivity contribution in [2.75, 3.05) is 23.4 Å². The third-order valence-electron chi connectivity index (χ3n) is 6.08. The fourth-order valence-corrected chi connectivity index (χ4v) is 5.09. The minimum absolute atomic E-state index is 0.0527. The Balaban J connectivity index is 1.54. The van der Waals surface area contributed by atoms with Crippen LogP contribution >= 0.6 is 35.4 Å². The molecule has 3 aromatic rings. The fraction of sp³-hybridized carbons (Fsp3) is 0.250. The van der Waals surface area contributed by atoms with Gasteiger partial charge in [0.05, 0.1) is 18.7 Å². The van der Waals surface area contributed by atoms with E-state index in [4.69, 9.17) is 40.2 Å². The summed E-state index contributed by atoms with van der Waals surface area (Å²) in [4.78, 5) is 29.9. The summed E-state index contributed by atoms with van der Waals surface area (Å²) < 4.78 is 5.45. The third kappa shape index (κ3) is 6.42. The normalized spacial score (nSPS) is 15.3. The smallest absolute Gasteiger partial charge is 0.256 e. The highest BCUT2D eigenvalue weighted by molar-refractivity contribution is 7.80. The molecule has 4 rings (SSSR count). The summed E-state index contributed by atoms with van der Waals surface area (Å²) in [6.07, 6.45) is 0.477. The van der Waals surface area contributed by atoms with Crippen molar-refractivity contribution in [1.29, 1.82) is 0 Å². The summed E-state index contributed by atoms with van der Waals surface area (Å²) in [6, 6.07) is 19.2. The van der Waals surface area contributed by atoms with Gasteiger partial charge in [0.2, 0.25) is 5.91 Å². The van der Waals surface area contributed by atoms with E-state index in [1.807, 2.05) is 44.2 Å². The first-order valence-electron chi connectivity index (χ1n) is 11.9. The molecule has 1 atom stereocenters. The minimum Gasteiger partial charge on any atom is -0.494 e. The van der Waals surface area contributed by atoms with Gasteiger partial charge in [-0.2, -0.15) is 0 Å². The quantitative estimate of drug-likeness (QED) is 0.315. The Bertz CT molecular complexity index is 1300. The number of thiocarbonyl (C=S) groups is 1. The van der Waals surface area contributed by atoms with Crippen LogP contribution in [0.25, 0.3) is 0 Å². The maximum absolute atomic E-state index is 13.6. The van der Waals surface area contributed by atoms with Gasteiger partial charge in [0, 0.05) is 22.3 Å². The highest BCUT2D eigenvalue weighted by Crippen LogP contribution is 2.29. The Labute approximate surface area is 232 Å². The lowest BCUT2D eigenvalue weighted by molar-refractivity contribution is -0.124. The Kier molecular flexibility index (Phi) is 8.69. The van der Waals surface area contributed by atoms with E-state index in [0.29, 0.717) is 46.1 Å². The van der Waals surface area contributed by atoms with Crippen LogP contribution in [0, 0.1) is 6.92 Å². The van der Waals surface area contributed by atoms with Gasteiger partial charge in [-0.25, -0.2) is 0 Å². The Morgan fingerprint density at radius 3 is 2.41 bits per heavy atom. The molecule has 9 heteroatoms. The maximum Gasteiger partial charge on any atom is 0.256 e. The molecule has 1 heterocycles. The molecule has 1 aliphatic rings. The van der Waals surface area contributed by atoms with Gasteiger partial charge in [0.25, 0.3) is 5.91 Å². The highest BCUT2D eigenvalue weighted by atomic mass is 35.5. The van der Waals surface area contributed by atoms with Gasteiger partial charge in [0.1, 0.15) is 11.8 Å². The van der Waals surface area contributed by atoms with E-state index in [9.17, 15) is 9.59 Å². The van der Waals surface area contributed by atoms with Crippen LogP contribution in [-0.2, 0) is 16.0 Å². The van der Waals surface area contributed by atoms with Gasteiger partial charge in [-0.15, -0.1) is 0 Å². The second-order valence-electron chi connectivity index (χ2n) is 8.70. The van der Waals surface area contributed by atoms with Gasteiger partial charge >= 0.3 is 0 Å². The van der Waals surface area contributed by atoms with Crippen molar-refractivity contribution in [3.05, 3.63) is 87.9 Å². The number of carbonyl (C=O) groups excluding carboxylic acids is 2. The van der Waals surface area contributed by atoms with Crippen LogP contribution in [0.3, 0.4) is 0 Å². The molecule has 0 saturated carbocycles. The summed E-state index contributed by atoms with van der Waals surface area (Å²) in [7, 11) is 0. The molecular weight excluding hydrogens is 529 g/mol. The van der Waals surface area contributed by atoms with Gasteiger partial charge < -0.3 is 15.0 Å². The van der Waals surface area contributed by atoms with Crippen molar-refractivity contribution in [3.8, 4) is 5.75 Å². The van der Waals surface area contributed by atoms with Gasteiger partial charge in [-0.1, -0.05) is 47.0 Å². The van der Waals surface area contributed by atoms with E-state index < -0.39 is 6.04 Å². The Hall–Kier alpha value is -3.13. The SMILES string of the molecule is CCOc1ccc(NC(=O)CC2C(=O)N(c3ccc(C)cc3)C(=S)N2CCc2ccc(Cl)cc2Cl)cc1. The molecular formula is C28H27Cl2N3O3S. The topological polar surface area (TPSA) is 61.9 Å². The molecule has 37 heavy (non-hydrogen) atoms. The number of nitrogens with zero attached hydrogens (tertiary/aromatic N) is 2. The van der Waals surface area contributed by atoms with Crippen LogP contribution in [-0.4, -0.2) is 41.0 Å². The van der Waals surface area contributed by atoms with Crippen molar-refractivity contribution in [1.82, 2.24) is 4.90 Å². The van der Waals surface area contributed by atoms with Crippen LogP contribution in [0.4, 0.5) is 11.4 Å². The van der Waals surface area contributed by atoms with E-state index in [0.717, 1.165) is 16.9 Å². The minimum atomic E-state index is -0.748. The number of amides is 2. The first-order chi connectivity index (χ1) is 17.8. The van der Waals surface area contributed by atoms with E-state index in [1.54, 1.807) is 41.3 Å². The van der Waals surface area contributed by atoms with Crippen LogP contribution in [0.15, 0.2) is 66.7 Å². The number of ether oxygens (including phenoxy) is 1. The molecule has 0 bridgehead atoms. The molecule has 1 saturated heterocycles. The summed E-state index contributed by atoms with van der Waals surface area (Å²) in [5.74, 6) is 0.195. The molecule has 1 aliphatic heterocycles. The standard InChI is InChI=1S/C28H27Cl2N3O3S/c1-3-36-23-12-8-21(9-13-23)31-26(34)17-25-27(35)33(22-10-4-18(2)5-11-22)28(37)32(25)15-14-19-6-7-20(29)16-24(19)30/h4-13,16,25H,3,14-15,17H2,1-2H3,(H,31,34). The zero-order valence-electron chi connectivity index (χ0n) is 20.5. The first kappa shape index (κ1) is 26.9. The second kappa shape index (κ2) is 11.9. The Morgan fingerprint density at radius 1 is 1.05 bits per heavy atom. The number of rotatable bonds is 9. The van der Waals surface area contributed by atoms with Crippen LogP contribution in [0.1, 0.15) is 24.5 Å². The molecule has 6 nitrogen and oxygen atoms in total. The van der Waals surface area contributed by atoms with Crippen LogP contribution in [0.5, 0.6) is 5.75 Å². The number of hydrogen-bond donors (Lipinski definition) is 1. The number of anilines is 2. The van der Waals surface area contributed by atoms with E-state index in [-0.39, 0.29) is 18.2 Å². The predicted molar refractivity (Wildman–Crippen MR) is 153 cm³/mol. The van der Waals surface area contributed by atoms with E-state index in [2.05, 4.69) is 5.32 Å². The molecule has 1 fully saturated rings. The van der Waals surface area contributed by atoms with Crippen molar-refractivity contribution in [2.45, 2.75) is 32.7 Å². The van der Waals surface area contributed by atoms with Crippen LogP contribution < -0.4 is 15.0 Å². The zero-order chi connectivity index (χ0) is 26.5. The van der Waals surface area contributed by atoms with E-state index >= 15 is 0 Å². The third-order valence-corrected chi connectivity index (χ3v) is 7.08. The molecule has 0 aromatic heterocycles. The molecule has 0 spiro atoms. The maximum atomic E-state index is 13.6. The lowest BCUT2D eigenvalue weighted by Crippen LogP contribution is -2.39. The van der Waals surface area contributed by atoms with Gasteiger partial charge in [0.15, 0.2) is 5.11 Å². The predicted octanol–water partition coefficient (Wildman–Crippen LogP) is 6.27. The van der Waals surface area contributed by atoms with Gasteiger partial charge in [-0.3, -0.25) is 14.5 Å². The van der Waals surface area contributed by atoms with Crippen molar-refractivity contribution < 1.29 is 14.3 Å². The second-order valence-corrected chi connectivity index (χ2v) is 9.91. The molecule has 192 valence electrons. The lowest BCUT2D eigenvalue weighted by atomic mass is 10.1. The first-order valence-corrected chi connectivity index (χ1v) is 13.1. The fourth-order valence-electron chi connectivity index (χ4n) is 4.17. The molecule has 0 aliphatic carbocycles. The number of hydrogen-bond acceptors (Lipinski definition) is 4. The summed E-state index contributed by atoms with van der Waals surface area (Å²) in [5.41, 5.74) is 3.25. The lowest BCUT2D eigenvalue weighted by Gasteiger charge is -2.24. The largest absolute Gasteiger partial charge is 0.494 e. The van der Waals surface area contributed by atoms with Gasteiger partial charge in [-0.05, 0) is 86.6 Å². The number of halogens is 2. The summed E-state index contributed by atoms with van der Waals surface area (Å²) in [5, 5.41) is 4.33. The molecule has 2 amide bonds. The monoisotopic (exact) mass is 555 g/mol. The molecule has 3 aromatic carbocycles. The summed E-state index contributed by atoms with van der Waals surface area (Å²) >= 11 is 18.2. The van der Waals surface area contributed by atoms with Crippen molar-refractivity contribution in [3.63, 3.8) is 0 Å². The van der Waals surface area contributed by atoms with E-state index in [1.165, 1.54) is 4.90 Å². The molecule has 0 radical (unpaired) electrons. The molecule has 1 unspecified atom stereocenters. The average Bonchev–Trinajstić information content (AvgIpc) is 3.09. The highest BCUT2D eigenvalue weighted by Gasteiger charge is 2.43.